The summed E-state index contributed by atoms with van der Waals surface area (Å²) in [7, 11) is -4.83. The number of carbonyl (C=O) groups is 1. The van der Waals surface area contributed by atoms with Crippen molar-refractivity contribution in [3.05, 3.63) is 53.3 Å². The first-order chi connectivity index (χ1) is 20.6. The maximum absolute atomic E-state index is 11.6. The molecule has 0 bridgehead atoms. The number of amides is 1. The number of carbonyl (C=O) groups excluding carboxylic acids is 1. The van der Waals surface area contributed by atoms with E-state index in [4.69, 9.17) is 20.0 Å². The van der Waals surface area contributed by atoms with Crippen molar-refractivity contribution < 1.29 is 33.5 Å². The summed E-state index contributed by atoms with van der Waals surface area (Å²) in [5.74, 6) is 0.975. The highest BCUT2D eigenvalue weighted by atomic mass is 127. The number of phenols is 1. The number of aromatic hydroxyl groups is 1. The van der Waals surface area contributed by atoms with Crippen molar-refractivity contribution in [3.8, 4) is 11.5 Å². The van der Waals surface area contributed by atoms with Crippen LogP contribution in [0.5, 0.6) is 11.5 Å². The minimum atomic E-state index is -4.83. The van der Waals surface area contributed by atoms with Crippen molar-refractivity contribution in [2.75, 3.05) is 29.9 Å². The zero-order valence-electron chi connectivity index (χ0n) is 24.0. The second kappa shape index (κ2) is 15.2. The molecule has 0 spiro atoms. The number of benzene rings is 2. The second-order valence-electron chi connectivity index (χ2n) is 10.2. The molecule has 0 aliphatic rings. The molecular formula is C29H37IN5O7P. The van der Waals surface area contributed by atoms with Crippen molar-refractivity contribution >= 4 is 64.1 Å². The molecule has 0 saturated carbocycles. The zero-order chi connectivity index (χ0) is 31.0. The molecule has 14 heteroatoms. The quantitative estimate of drug-likeness (QED) is 0.0473. The van der Waals surface area contributed by atoms with Crippen LogP contribution in [0.4, 0.5) is 5.82 Å². The summed E-state index contributed by atoms with van der Waals surface area (Å²) >= 11 is 2.03. The molecule has 2 aromatic carbocycles. The highest BCUT2D eigenvalue weighted by Crippen LogP contribution is 2.41. The van der Waals surface area contributed by atoms with E-state index in [1.807, 2.05) is 45.4 Å². The predicted molar refractivity (Wildman–Crippen MR) is 174 cm³/mol. The number of fused-ring (bicyclic) bond motifs is 3. The number of nitrogens with one attached hydrogen (secondary N) is 1. The second-order valence-corrected chi connectivity index (χ2v) is 12.1. The van der Waals surface area contributed by atoms with Crippen molar-refractivity contribution in [3.63, 3.8) is 0 Å². The van der Waals surface area contributed by atoms with Gasteiger partial charge < -0.3 is 30.0 Å². The van der Waals surface area contributed by atoms with E-state index < -0.39 is 7.82 Å². The first kappa shape index (κ1) is 32.9. The molecule has 43 heavy (non-hydrogen) atoms. The molecule has 4 aromatic rings. The Kier molecular flexibility index (Phi) is 11.6. The van der Waals surface area contributed by atoms with Gasteiger partial charge in [0.2, 0.25) is 5.91 Å². The Hall–Kier alpha value is -2.97. The molecule has 2 aromatic heterocycles. The van der Waals surface area contributed by atoms with Crippen LogP contribution in [-0.4, -0.2) is 59.5 Å². The molecule has 1 amide bonds. The van der Waals surface area contributed by atoms with Crippen molar-refractivity contribution in [1.29, 1.82) is 0 Å². The normalized spacial score (nSPS) is 11.8. The molecule has 12 nitrogen and oxygen atoms in total. The van der Waals surface area contributed by atoms with Crippen LogP contribution in [-0.2, 0) is 33.5 Å². The fourth-order valence-corrected chi connectivity index (χ4v) is 5.57. The zero-order valence-corrected chi connectivity index (χ0v) is 27.0. The molecule has 0 aliphatic carbocycles. The number of halogens is 1. The summed E-state index contributed by atoms with van der Waals surface area (Å²) in [6.07, 6.45) is 4.85. The third kappa shape index (κ3) is 9.02. The van der Waals surface area contributed by atoms with Crippen LogP contribution in [0.25, 0.3) is 21.9 Å². The summed E-state index contributed by atoms with van der Waals surface area (Å²) in [5.41, 5.74) is 9.89. The van der Waals surface area contributed by atoms with Gasteiger partial charge in [0.25, 0.3) is 0 Å². The fourth-order valence-electron chi connectivity index (χ4n) is 4.86. The lowest BCUT2D eigenvalue weighted by Crippen LogP contribution is -2.25. The van der Waals surface area contributed by atoms with E-state index in [1.54, 1.807) is 0 Å². The molecule has 6 N–H and O–H groups in total. The van der Waals surface area contributed by atoms with Gasteiger partial charge in [-0.15, -0.1) is 0 Å². The number of alkyl halides is 1. The number of aromatic nitrogens is 3. The van der Waals surface area contributed by atoms with Crippen molar-refractivity contribution in [2.45, 2.75) is 52.0 Å². The fraction of sp³-hybridized carbons (Fsp3) is 0.414. The molecule has 232 valence electrons. The first-order valence-corrected chi connectivity index (χ1v) is 17.2. The molecule has 0 radical (unpaired) electrons. The number of rotatable bonds is 16. The topological polar surface area (TPSA) is 182 Å². The molecule has 4 rings (SSSR count). The average molecular weight is 726 g/mol. The maximum atomic E-state index is 11.6. The van der Waals surface area contributed by atoms with E-state index in [0.717, 1.165) is 54.4 Å². The van der Waals surface area contributed by atoms with Gasteiger partial charge in [-0.25, -0.2) is 14.5 Å². The number of unbranched alkanes of at least 4 members (excludes halogenated alkanes) is 1. The lowest BCUT2D eigenvalue weighted by molar-refractivity contribution is -0.118. The van der Waals surface area contributed by atoms with Crippen LogP contribution in [0.15, 0.2) is 36.4 Å². The lowest BCUT2D eigenvalue weighted by Gasteiger charge is -2.16. The highest BCUT2D eigenvalue weighted by molar-refractivity contribution is 14.1. The number of nitrogens with zero attached hydrogens (tertiary/aromatic N) is 3. The highest BCUT2D eigenvalue weighted by Gasteiger charge is 2.22. The Morgan fingerprint density at radius 3 is 2.63 bits per heavy atom. The number of imidazole rings is 1. The number of phenolic OH excluding ortho intramolecular Hbond substituents is 1. The van der Waals surface area contributed by atoms with Crippen LogP contribution in [0.1, 0.15) is 49.6 Å². The first-order valence-electron chi connectivity index (χ1n) is 14.1. The SMILES string of the molecule is CCCCc1nc2c(N)nc3cc(CCCOCCCNC(=O)CI)ccc3c2n1Cc1cc(O)ccc1OP(=O)(O)O. The number of phosphoric acid groups is 1. The van der Waals surface area contributed by atoms with Gasteiger partial charge in [0.1, 0.15) is 22.8 Å². The molecule has 0 aliphatic heterocycles. The molecule has 0 atom stereocenters. The van der Waals surface area contributed by atoms with Gasteiger partial charge >= 0.3 is 7.82 Å². The minimum Gasteiger partial charge on any atom is -0.508 e. The monoisotopic (exact) mass is 725 g/mol. The van der Waals surface area contributed by atoms with Gasteiger partial charge in [-0.3, -0.25) is 14.6 Å². The van der Waals surface area contributed by atoms with E-state index in [0.29, 0.717) is 47.2 Å². The number of hydrogen-bond acceptors (Lipinski definition) is 8. The van der Waals surface area contributed by atoms with Gasteiger partial charge in [0.05, 0.1) is 22.0 Å². The van der Waals surface area contributed by atoms with E-state index in [-0.39, 0.29) is 29.8 Å². The van der Waals surface area contributed by atoms with Crippen LogP contribution in [0, 0.1) is 0 Å². The number of anilines is 1. The summed E-state index contributed by atoms with van der Waals surface area (Å²) in [6.45, 7) is 4.01. The van der Waals surface area contributed by atoms with Crippen LogP contribution < -0.4 is 15.6 Å². The Balaban J connectivity index is 1.59. The Bertz CT molecular complexity index is 1620. The lowest BCUT2D eigenvalue weighted by atomic mass is 10.1. The standard InChI is InChI=1S/C29H37IN5O7P/c1-2-3-7-25-34-27-28(35(25)18-20-16-21(36)9-11-24(20)42-43(38,39)40)22-10-8-19(15-23(22)33-29(27)31)6-4-13-41-14-5-12-32-26(37)17-30/h8-11,15-16,36H,2-7,12-14,17-18H2,1H3,(H2,31,33)(H,32,37)(H2,38,39,40). The summed E-state index contributed by atoms with van der Waals surface area (Å²) in [4.78, 5) is 39.7. The smallest absolute Gasteiger partial charge is 0.508 e. The van der Waals surface area contributed by atoms with E-state index in [2.05, 4.69) is 17.2 Å². The van der Waals surface area contributed by atoms with Gasteiger partial charge in [-0.1, -0.05) is 48.1 Å². The molecular weight excluding hydrogens is 688 g/mol. The summed E-state index contributed by atoms with van der Waals surface area (Å²) < 4.78 is 24.7. The molecule has 0 fully saturated rings. The van der Waals surface area contributed by atoms with Crippen molar-refractivity contribution in [2.24, 2.45) is 0 Å². The minimum absolute atomic E-state index is 0.0293. The van der Waals surface area contributed by atoms with Crippen LogP contribution >= 0.6 is 30.4 Å². The number of aryl methyl sites for hydroxylation is 2. The number of phosphoric ester groups is 1. The summed E-state index contributed by atoms with van der Waals surface area (Å²) in [5, 5.41) is 13.8. The van der Waals surface area contributed by atoms with Gasteiger partial charge in [-0.05, 0) is 55.5 Å². The molecule has 0 saturated heterocycles. The van der Waals surface area contributed by atoms with Crippen LogP contribution in [0.3, 0.4) is 0 Å². The van der Waals surface area contributed by atoms with E-state index in [9.17, 15) is 24.3 Å². The number of pyridine rings is 1. The van der Waals surface area contributed by atoms with Gasteiger partial charge in [0, 0.05) is 37.1 Å². The molecule has 0 unspecified atom stereocenters. The van der Waals surface area contributed by atoms with E-state index in [1.165, 1.54) is 18.2 Å². The Morgan fingerprint density at radius 2 is 1.88 bits per heavy atom. The molecule has 2 heterocycles. The largest absolute Gasteiger partial charge is 0.524 e. The third-order valence-electron chi connectivity index (χ3n) is 6.85. The number of nitrogen functional groups attached to an aromatic ring is 1. The predicted octanol–water partition coefficient (Wildman–Crippen LogP) is 4.63. The Labute approximate surface area is 263 Å². The Morgan fingerprint density at radius 1 is 1.09 bits per heavy atom. The van der Waals surface area contributed by atoms with Gasteiger partial charge in [0.15, 0.2) is 5.82 Å². The number of hydrogen-bond donors (Lipinski definition) is 5. The number of ether oxygens (including phenoxy) is 1. The van der Waals surface area contributed by atoms with Gasteiger partial charge in [-0.2, -0.15) is 0 Å². The maximum Gasteiger partial charge on any atom is 0.524 e. The average Bonchev–Trinajstić information content (AvgIpc) is 3.32. The summed E-state index contributed by atoms with van der Waals surface area (Å²) in [6, 6.07) is 10.1. The number of nitrogens with two attached hydrogens (primary N) is 1. The van der Waals surface area contributed by atoms with Crippen molar-refractivity contribution in [1.82, 2.24) is 19.9 Å². The van der Waals surface area contributed by atoms with E-state index >= 15 is 0 Å². The van der Waals surface area contributed by atoms with Crippen LogP contribution in [0.2, 0.25) is 0 Å². The third-order valence-corrected chi connectivity index (χ3v) is 7.98.